The smallest absolute Gasteiger partial charge is 0.312 e. The maximum absolute atomic E-state index is 11.4. The van der Waals surface area contributed by atoms with Crippen molar-refractivity contribution >= 4 is 29.9 Å². The standard InChI is InChI=1S/C13H13NO2S2/c1-8-11(18-13(17)14-8)10(12(15)16)7-9-5-3-2-4-6-9/h2-6,10H,7H2,1H3,(H,14,17)(H,15,16). The third-order valence-corrected chi connectivity index (χ3v) is 4.17. The van der Waals surface area contributed by atoms with Crippen LogP contribution in [0.2, 0.25) is 0 Å². The number of carboxylic acids is 1. The number of aryl methyl sites for hydroxylation is 1. The summed E-state index contributed by atoms with van der Waals surface area (Å²) in [6, 6.07) is 9.63. The summed E-state index contributed by atoms with van der Waals surface area (Å²) in [5.41, 5.74) is 1.77. The SMILES string of the molecule is Cc1nc(S)sc1C(Cc1ccccc1)C(=O)O. The van der Waals surface area contributed by atoms with Crippen molar-refractivity contribution in [1.82, 2.24) is 4.98 Å². The van der Waals surface area contributed by atoms with Gasteiger partial charge >= 0.3 is 5.97 Å². The molecule has 94 valence electrons. The van der Waals surface area contributed by atoms with Crippen LogP contribution in [-0.2, 0) is 11.2 Å². The van der Waals surface area contributed by atoms with Crippen LogP contribution in [-0.4, -0.2) is 16.1 Å². The molecule has 1 atom stereocenters. The highest BCUT2D eigenvalue weighted by Crippen LogP contribution is 2.31. The Labute approximate surface area is 115 Å². The molecule has 5 heteroatoms. The van der Waals surface area contributed by atoms with E-state index in [0.29, 0.717) is 10.8 Å². The van der Waals surface area contributed by atoms with Crippen LogP contribution in [0.1, 0.15) is 22.1 Å². The Balaban J connectivity index is 2.30. The Bertz CT molecular complexity index is 551. The van der Waals surface area contributed by atoms with Crippen LogP contribution < -0.4 is 0 Å². The largest absolute Gasteiger partial charge is 0.481 e. The fourth-order valence-corrected chi connectivity index (χ4v) is 3.20. The highest BCUT2D eigenvalue weighted by Gasteiger charge is 2.24. The van der Waals surface area contributed by atoms with E-state index in [1.807, 2.05) is 37.3 Å². The molecule has 2 aromatic rings. The Morgan fingerprint density at radius 1 is 1.44 bits per heavy atom. The van der Waals surface area contributed by atoms with Gasteiger partial charge in [-0.15, -0.1) is 24.0 Å². The van der Waals surface area contributed by atoms with Crippen molar-refractivity contribution in [3.8, 4) is 0 Å². The van der Waals surface area contributed by atoms with Gasteiger partial charge in [0.1, 0.15) is 4.34 Å². The number of rotatable bonds is 4. The van der Waals surface area contributed by atoms with Gasteiger partial charge in [0.05, 0.1) is 11.6 Å². The first-order valence-electron chi connectivity index (χ1n) is 5.51. The van der Waals surface area contributed by atoms with Crippen molar-refractivity contribution < 1.29 is 9.90 Å². The van der Waals surface area contributed by atoms with Crippen molar-refractivity contribution in [3.05, 3.63) is 46.5 Å². The quantitative estimate of drug-likeness (QED) is 0.845. The molecule has 0 spiro atoms. The van der Waals surface area contributed by atoms with E-state index in [1.165, 1.54) is 11.3 Å². The van der Waals surface area contributed by atoms with E-state index >= 15 is 0 Å². The van der Waals surface area contributed by atoms with Gasteiger partial charge in [-0.05, 0) is 18.9 Å². The average molecular weight is 279 g/mol. The predicted molar refractivity (Wildman–Crippen MR) is 74.6 cm³/mol. The number of thiazole rings is 1. The number of aromatic nitrogens is 1. The van der Waals surface area contributed by atoms with Gasteiger partial charge in [-0.1, -0.05) is 30.3 Å². The molecule has 1 N–H and O–H groups in total. The fraction of sp³-hybridized carbons (Fsp3) is 0.231. The van der Waals surface area contributed by atoms with Gasteiger partial charge in [-0.3, -0.25) is 4.79 Å². The molecule has 3 nitrogen and oxygen atoms in total. The van der Waals surface area contributed by atoms with Crippen molar-refractivity contribution in [1.29, 1.82) is 0 Å². The van der Waals surface area contributed by atoms with E-state index in [0.717, 1.165) is 16.1 Å². The molecule has 0 aliphatic rings. The summed E-state index contributed by atoms with van der Waals surface area (Å²) in [5.74, 6) is -1.37. The molecule has 0 aliphatic carbocycles. The summed E-state index contributed by atoms with van der Waals surface area (Å²) in [4.78, 5) is 16.4. The summed E-state index contributed by atoms with van der Waals surface area (Å²) >= 11 is 5.52. The summed E-state index contributed by atoms with van der Waals surface area (Å²) in [5, 5.41) is 9.38. The first-order valence-corrected chi connectivity index (χ1v) is 6.77. The molecule has 0 saturated heterocycles. The lowest BCUT2D eigenvalue weighted by Crippen LogP contribution is -2.14. The third kappa shape index (κ3) is 2.91. The molecule has 2 rings (SSSR count). The Kier molecular flexibility index (Phi) is 4.04. The monoisotopic (exact) mass is 279 g/mol. The second-order valence-electron chi connectivity index (χ2n) is 4.03. The Morgan fingerprint density at radius 2 is 2.11 bits per heavy atom. The molecule has 1 unspecified atom stereocenters. The van der Waals surface area contributed by atoms with E-state index < -0.39 is 11.9 Å². The molecule has 1 heterocycles. The number of hydrogen-bond acceptors (Lipinski definition) is 4. The van der Waals surface area contributed by atoms with E-state index in [2.05, 4.69) is 17.6 Å². The molecule has 0 bridgehead atoms. The van der Waals surface area contributed by atoms with Crippen LogP contribution in [0.15, 0.2) is 34.7 Å². The molecule has 0 saturated carbocycles. The molecule has 0 fully saturated rings. The van der Waals surface area contributed by atoms with Gasteiger partial charge in [0.25, 0.3) is 0 Å². The molecule has 1 aromatic carbocycles. The van der Waals surface area contributed by atoms with E-state index in [4.69, 9.17) is 0 Å². The van der Waals surface area contributed by atoms with Crippen molar-refractivity contribution in [2.75, 3.05) is 0 Å². The lowest BCUT2D eigenvalue weighted by Gasteiger charge is -2.11. The van der Waals surface area contributed by atoms with Gasteiger partial charge in [-0.2, -0.15) is 0 Å². The molecule has 18 heavy (non-hydrogen) atoms. The number of aliphatic carboxylic acids is 1. The average Bonchev–Trinajstić information content (AvgIpc) is 2.66. The number of benzene rings is 1. The van der Waals surface area contributed by atoms with E-state index in [1.54, 1.807) is 0 Å². The summed E-state index contributed by atoms with van der Waals surface area (Å²) in [6.07, 6.45) is 0.479. The van der Waals surface area contributed by atoms with E-state index in [-0.39, 0.29) is 0 Å². The minimum absolute atomic E-state index is 0.479. The van der Waals surface area contributed by atoms with Gasteiger partial charge in [0.15, 0.2) is 0 Å². The van der Waals surface area contributed by atoms with Crippen LogP contribution in [0, 0.1) is 6.92 Å². The van der Waals surface area contributed by atoms with E-state index in [9.17, 15) is 9.90 Å². The maximum atomic E-state index is 11.4. The van der Waals surface area contributed by atoms with Gasteiger partial charge < -0.3 is 5.11 Å². The minimum Gasteiger partial charge on any atom is -0.481 e. The Morgan fingerprint density at radius 3 is 2.61 bits per heavy atom. The number of nitrogens with zero attached hydrogens (tertiary/aromatic N) is 1. The second-order valence-corrected chi connectivity index (χ2v) is 5.78. The van der Waals surface area contributed by atoms with Crippen molar-refractivity contribution in [2.45, 2.75) is 23.6 Å². The second kappa shape index (κ2) is 5.54. The van der Waals surface area contributed by atoms with Gasteiger partial charge in [0.2, 0.25) is 0 Å². The zero-order chi connectivity index (χ0) is 13.1. The number of thiol groups is 1. The third-order valence-electron chi connectivity index (χ3n) is 2.72. The van der Waals surface area contributed by atoms with Crippen LogP contribution in [0.5, 0.6) is 0 Å². The van der Waals surface area contributed by atoms with Crippen molar-refractivity contribution in [3.63, 3.8) is 0 Å². The first-order chi connectivity index (χ1) is 8.58. The van der Waals surface area contributed by atoms with Gasteiger partial charge in [-0.25, -0.2) is 4.98 Å². The summed E-state index contributed by atoms with van der Waals surface area (Å²) in [7, 11) is 0. The lowest BCUT2D eigenvalue weighted by molar-refractivity contribution is -0.138. The molecular weight excluding hydrogens is 266 g/mol. The first kappa shape index (κ1) is 13.1. The normalized spacial score (nSPS) is 12.3. The van der Waals surface area contributed by atoms with Crippen LogP contribution in [0.25, 0.3) is 0 Å². The lowest BCUT2D eigenvalue weighted by atomic mass is 9.97. The van der Waals surface area contributed by atoms with Crippen molar-refractivity contribution in [2.24, 2.45) is 0 Å². The number of carbonyl (C=O) groups is 1. The zero-order valence-electron chi connectivity index (χ0n) is 9.83. The molecule has 0 radical (unpaired) electrons. The fourth-order valence-electron chi connectivity index (χ4n) is 1.86. The predicted octanol–water partition coefficient (Wildman–Crippen LogP) is 3.15. The minimum atomic E-state index is -0.820. The Hall–Kier alpha value is -1.33. The maximum Gasteiger partial charge on any atom is 0.312 e. The highest BCUT2D eigenvalue weighted by atomic mass is 32.2. The van der Waals surface area contributed by atoms with Crippen LogP contribution in [0.4, 0.5) is 0 Å². The molecule has 0 amide bonds. The zero-order valence-corrected chi connectivity index (χ0v) is 11.5. The highest BCUT2D eigenvalue weighted by molar-refractivity contribution is 7.82. The van der Waals surface area contributed by atoms with Gasteiger partial charge in [0, 0.05) is 4.88 Å². The molecule has 1 aromatic heterocycles. The van der Waals surface area contributed by atoms with Crippen LogP contribution >= 0.6 is 24.0 Å². The summed E-state index contributed by atoms with van der Waals surface area (Å²) in [6.45, 7) is 1.83. The number of hydrogen-bond donors (Lipinski definition) is 2. The van der Waals surface area contributed by atoms with Crippen LogP contribution in [0.3, 0.4) is 0 Å². The molecule has 0 aliphatic heterocycles. The topological polar surface area (TPSA) is 50.2 Å². The summed E-state index contributed by atoms with van der Waals surface area (Å²) < 4.78 is 0.613. The number of carboxylic acid groups (broad SMARTS) is 1. The molecular formula is C13H13NO2S2.